The molecule has 2 aromatic heterocycles. The summed E-state index contributed by atoms with van der Waals surface area (Å²) in [5.74, 6) is 0. The van der Waals surface area contributed by atoms with E-state index in [1.165, 1.54) is 0 Å². The summed E-state index contributed by atoms with van der Waals surface area (Å²) in [6, 6.07) is 0. The van der Waals surface area contributed by atoms with Crippen LogP contribution in [-0.2, 0) is 35.8 Å². The summed E-state index contributed by atoms with van der Waals surface area (Å²) in [6.45, 7) is 3.71. The molecule has 2 saturated heterocycles. The third-order valence-corrected chi connectivity index (χ3v) is 6.54. The van der Waals surface area contributed by atoms with Crippen molar-refractivity contribution >= 4 is 0 Å². The predicted molar refractivity (Wildman–Crippen MR) is 125 cm³/mol. The molecular weight excluding hydrogens is 472 g/mol. The van der Waals surface area contributed by atoms with E-state index in [-0.39, 0.29) is 13.2 Å². The van der Waals surface area contributed by atoms with Crippen molar-refractivity contribution < 1.29 is 29.9 Å². The Hall–Kier alpha value is -2.04. The maximum absolute atomic E-state index is 9.98. The lowest BCUT2D eigenvalue weighted by atomic mass is 10.0. The highest BCUT2D eigenvalue weighted by Crippen LogP contribution is 2.12. The van der Waals surface area contributed by atoms with Crippen LogP contribution >= 0.6 is 0 Å². The zero-order chi connectivity index (χ0) is 25.3. The van der Waals surface area contributed by atoms with E-state index in [1.807, 2.05) is 12.4 Å². The van der Waals surface area contributed by atoms with Gasteiger partial charge in [-0.2, -0.15) is 0 Å². The summed E-state index contributed by atoms with van der Waals surface area (Å²) in [4.78, 5) is 0. The Morgan fingerprint density at radius 1 is 0.694 bits per heavy atom. The van der Waals surface area contributed by atoms with E-state index in [0.717, 1.165) is 38.8 Å². The van der Waals surface area contributed by atoms with Gasteiger partial charge in [-0.05, 0) is 12.8 Å². The summed E-state index contributed by atoms with van der Waals surface area (Å²) in [7, 11) is 0. The summed E-state index contributed by atoms with van der Waals surface area (Å²) in [5, 5.41) is 61.9. The minimum atomic E-state index is -0.901. The molecule has 0 unspecified atom stereocenters. The normalized spacial score (nSPS) is 29.0. The number of nitrogens with one attached hydrogen (secondary N) is 2. The molecule has 0 bridgehead atoms. The molecule has 0 saturated carbocycles. The second kappa shape index (κ2) is 13.5. The quantitative estimate of drug-likeness (QED) is 0.157. The maximum Gasteiger partial charge on any atom is 0.108 e. The molecule has 0 amide bonds. The standard InChI is InChI=1S/C22H38N8O6/c31-17-7-23-9-19(21(17)33)35-13-15-11-29(27-25-15)5-3-1-2-4-6-30-12-16(26-28-30)14-36-20-10-24-8-18(32)22(20)34/h11-12,17-24,31-34H,1-10,13-14H2/t17-,18+,19+,20-,21+,22-. The van der Waals surface area contributed by atoms with Crippen LogP contribution in [0.3, 0.4) is 0 Å². The van der Waals surface area contributed by atoms with Gasteiger partial charge in [-0.3, -0.25) is 9.36 Å². The van der Waals surface area contributed by atoms with Crippen molar-refractivity contribution in [2.75, 3.05) is 26.2 Å². The lowest BCUT2D eigenvalue weighted by molar-refractivity contribution is -0.109. The van der Waals surface area contributed by atoms with Gasteiger partial charge in [-0.25, -0.2) is 0 Å². The summed E-state index contributed by atoms with van der Waals surface area (Å²) >= 11 is 0. The largest absolute Gasteiger partial charge is 0.389 e. The molecule has 0 radical (unpaired) electrons. The van der Waals surface area contributed by atoms with E-state index >= 15 is 0 Å². The summed E-state index contributed by atoms with van der Waals surface area (Å²) in [5.41, 5.74) is 1.39. The number of aliphatic hydroxyl groups excluding tert-OH is 4. The number of rotatable bonds is 13. The molecule has 6 N–H and O–H groups in total. The van der Waals surface area contributed by atoms with Crippen molar-refractivity contribution in [1.82, 2.24) is 40.6 Å². The highest BCUT2D eigenvalue weighted by atomic mass is 16.5. The van der Waals surface area contributed by atoms with Gasteiger partial charge >= 0.3 is 0 Å². The SMILES string of the molecule is O[C@@H]1[C@@H](O)CNC[C@H]1OCc1cn(CCCCCCn2cc(CO[C@H]3CNC[C@@H](O)[C@@H]3O)nn2)nn1. The molecule has 14 heteroatoms. The van der Waals surface area contributed by atoms with Gasteiger partial charge in [-0.1, -0.05) is 23.3 Å². The van der Waals surface area contributed by atoms with Gasteiger partial charge < -0.3 is 40.5 Å². The Morgan fingerprint density at radius 3 is 1.58 bits per heavy atom. The smallest absolute Gasteiger partial charge is 0.108 e. The van der Waals surface area contributed by atoms with E-state index < -0.39 is 36.6 Å². The number of β-amino-alcohol motifs (C(OH)–C–C–N with tert-alkyl or cyclic N) is 2. The number of hydrogen-bond donors (Lipinski definition) is 6. The van der Waals surface area contributed by atoms with Crippen molar-refractivity contribution in [2.45, 2.75) is 88.6 Å². The third-order valence-electron chi connectivity index (χ3n) is 6.54. The number of aliphatic hydroxyl groups is 4. The topological polar surface area (TPSA) is 185 Å². The van der Waals surface area contributed by atoms with Gasteiger partial charge in [0, 0.05) is 39.3 Å². The predicted octanol–water partition coefficient (Wildman–Crippen LogP) is -2.45. The molecule has 202 valence electrons. The van der Waals surface area contributed by atoms with E-state index in [9.17, 15) is 20.4 Å². The van der Waals surface area contributed by atoms with Gasteiger partial charge in [-0.15, -0.1) is 10.2 Å². The van der Waals surface area contributed by atoms with Crippen LogP contribution in [0.25, 0.3) is 0 Å². The molecule has 4 heterocycles. The minimum Gasteiger partial charge on any atom is -0.389 e. The van der Waals surface area contributed by atoms with Crippen LogP contribution in [0.5, 0.6) is 0 Å². The van der Waals surface area contributed by atoms with Crippen LogP contribution in [0.15, 0.2) is 12.4 Å². The van der Waals surface area contributed by atoms with Crippen LogP contribution in [0.2, 0.25) is 0 Å². The Kier molecular flexibility index (Phi) is 10.1. The van der Waals surface area contributed by atoms with Gasteiger partial charge in [0.05, 0.1) is 50.0 Å². The maximum atomic E-state index is 9.98. The molecule has 0 spiro atoms. The van der Waals surface area contributed by atoms with Crippen molar-refractivity contribution in [3.63, 3.8) is 0 Å². The zero-order valence-electron chi connectivity index (χ0n) is 20.4. The lowest BCUT2D eigenvalue weighted by Gasteiger charge is -2.32. The highest BCUT2D eigenvalue weighted by molar-refractivity contribution is 4.93. The van der Waals surface area contributed by atoms with Crippen molar-refractivity contribution in [1.29, 1.82) is 0 Å². The second-order valence-corrected chi connectivity index (χ2v) is 9.49. The number of ether oxygens (including phenoxy) is 2. The molecule has 14 nitrogen and oxygen atoms in total. The number of aromatic nitrogens is 6. The van der Waals surface area contributed by atoms with Crippen molar-refractivity contribution in [2.24, 2.45) is 0 Å². The molecule has 2 aromatic rings. The molecule has 0 aliphatic carbocycles. The first-order chi connectivity index (χ1) is 17.5. The van der Waals surface area contributed by atoms with Crippen LogP contribution in [0, 0.1) is 0 Å². The third kappa shape index (κ3) is 7.73. The van der Waals surface area contributed by atoms with Gasteiger partial charge in [0.15, 0.2) is 0 Å². The first kappa shape index (κ1) is 27.0. The van der Waals surface area contributed by atoms with Gasteiger partial charge in [0.1, 0.15) is 23.6 Å². The Morgan fingerprint density at radius 2 is 1.14 bits per heavy atom. The number of aryl methyl sites for hydroxylation is 2. The average molecular weight is 511 g/mol. The van der Waals surface area contributed by atoms with E-state index in [1.54, 1.807) is 9.36 Å². The molecule has 4 rings (SSSR count). The summed E-state index contributed by atoms with van der Waals surface area (Å²) in [6.07, 6.45) is 3.34. The fourth-order valence-electron chi connectivity index (χ4n) is 4.35. The molecule has 2 fully saturated rings. The molecule has 36 heavy (non-hydrogen) atoms. The highest BCUT2D eigenvalue weighted by Gasteiger charge is 2.32. The summed E-state index contributed by atoms with van der Waals surface area (Å²) < 4.78 is 15.0. The Labute approximate surface area is 209 Å². The van der Waals surface area contributed by atoms with E-state index in [0.29, 0.717) is 37.6 Å². The first-order valence-corrected chi connectivity index (χ1v) is 12.6. The number of piperidine rings is 2. The fraction of sp³-hybridized carbons (Fsp3) is 0.818. The van der Waals surface area contributed by atoms with E-state index in [2.05, 4.69) is 31.3 Å². The average Bonchev–Trinajstić information content (AvgIpc) is 3.52. The monoisotopic (exact) mass is 510 g/mol. The lowest BCUT2D eigenvalue weighted by Crippen LogP contribution is -2.54. The number of hydrogen-bond acceptors (Lipinski definition) is 12. The zero-order valence-corrected chi connectivity index (χ0v) is 20.4. The molecule has 2 aliphatic heterocycles. The molecule has 2 aliphatic rings. The molecular formula is C22H38N8O6. The van der Waals surface area contributed by atoms with Crippen LogP contribution < -0.4 is 10.6 Å². The number of unbranched alkanes of at least 4 members (excludes halogenated alkanes) is 3. The minimum absolute atomic E-state index is 0.237. The molecule has 0 aromatic carbocycles. The van der Waals surface area contributed by atoms with Crippen LogP contribution in [0.4, 0.5) is 0 Å². The van der Waals surface area contributed by atoms with E-state index in [4.69, 9.17) is 9.47 Å². The number of nitrogens with zero attached hydrogens (tertiary/aromatic N) is 6. The fourth-order valence-corrected chi connectivity index (χ4v) is 4.35. The van der Waals surface area contributed by atoms with Crippen LogP contribution in [0.1, 0.15) is 37.1 Å². The van der Waals surface area contributed by atoms with Crippen molar-refractivity contribution in [3.8, 4) is 0 Å². The Balaban J connectivity index is 1.06. The van der Waals surface area contributed by atoms with Gasteiger partial charge in [0.2, 0.25) is 0 Å². The van der Waals surface area contributed by atoms with Crippen LogP contribution in [-0.4, -0.2) is 113 Å². The van der Waals surface area contributed by atoms with Gasteiger partial charge in [0.25, 0.3) is 0 Å². The first-order valence-electron chi connectivity index (χ1n) is 12.6. The van der Waals surface area contributed by atoms with Crippen molar-refractivity contribution in [3.05, 3.63) is 23.8 Å². The second-order valence-electron chi connectivity index (χ2n) is 9.49. The molecule has 6 atom stereocenters. The Bertz CT molecular complexity index is 840.